The number of hydrogen-bond donors (Lipinski definition) is 1. The van der Waals surface area contributed by atoms with Gasteiger partial charge in [-0.2, -0.15) is 4.31 Å². The van der Waals surface area contributed by atoms with E-state index in [9.17, 15) is 13.5 Å². The van der Waals surface area contributed by atoms with E-state index in [-0.39, 0.29) is 24.7 Å². The van der Waals surface area contributed by atoms with E-state index >= 15 is 0 Å². The molecule has 0 radical (unpaired) electrons. The van der Waals surface area contributed by atoms with Gasteiger partial charge in [0.2, 0.25) is 0 Å². The molecule has 1 atom stereocenters. The van der Waals surface area contributed by atoms with Crippen molar-refractivity contribution in [3.05, 3.63) is 72.2 Å². The van der Waals surface area contributed by atoms with Crippen LogP contribution in [0.25, 0.3) is 0 Å². The molecule has 0 aliphatic carbocycles. The van der Waals surface area contributed by atoms with Gasteiger partial charge in [-0.05, 0) is 42.3 Å². The zero-order valence-corrected chi connectivity index (χ0v) is 18.6. The van der Waals surface area contributed by atoms with Crippen LogP contribution in [0.5, 0.6) is 11.5 Å². The Balaban J connectivity index is 1.91. The Hall–Kier alpha value is -2.88. The maximum atomic E-state index is 13.4. The second-order valence-corrected chi connectivity index (χ2v) is 9.11. The van der Waals surface area contributed by atoms with E-state index in [2.05, 4.69) is 4.98 Å². The first-order chi connectivity index (χ1) is 14.8. The molecular formula is C22H27N3O5S. The van der Waals surface area contributed by atoms with E-state index in [0.29, 0.717) is 11.5 Å². The summed E-state index contributed by atoms with van der Waals surface area (Å²) in [5, 5.41) is 9.51. The van der Waals surface area contributed by atoms with Gasteiger partial charge in [0.25, 0.3) is 10.0 Å². The molecule has 0 spiro atoms. The van der Waals surface area contributed by atoms with Gasteiger partial charge in [-0.15, -0.1) is 0 Å². The number of methoxy groups -OCH3 is 2. The third-order valence-electron chi connectivity index (χ3n) is 4.72. The van der Waals surface area contributed by atoms with Crippen molar-refractivity contribution in [3.63, 3.8) is 0 Å². The van der Waals surface area contributed by atoms with Crippen molar-refractivity contribution in [2.24, 2.45) is 0 Å². The molecule has 3 rings (SSSR count). The Morgan fingerprint density at radius 1 is 0.968 bits per heavy atom. The summed E-state index contributed by atoms with van der Waals surface area (Å²) in [5.41, 5.74) is 1.64. The van der Waals surface area contributed by atoms with Crippen LogP contribution >= 0.6 is 0 Å². The van der Waals surface area contributed by atoms with Gasteiger partial charge in [0.15, 0.2) is 5.03 Å². The monoisotopic (exact) mass is 445 g/mol. The number of ether oxygens (including phenoxy) is 2. The van der Waals surface area contributed by atoms with E-state index in [1.807, 2.05) is 24.3 Å². The fourth-order valence-electron chi connectivity index (χ4n) is 3.11. The molecule has 0 fully saturated rings. The average molecular weight is 446 g/mol. The molecule has 31 heavy (non-hydrogen) atoms. The van der Waals surface area contributed by atoms with Gasteiger partial charge in [0, 0.05) is 25.8 Å². The Kier molecular flexibility index (Phi) is 7.32. The number of aliphatic hydroxyl groups excluding tert-OH is 1. The van der Waals surface area contributed by atoms with E-state index in [1.54, 1.807) is 50.0 Å². The number of rotatable bonds is 10. The third kappa shape index (κ3) is 5.84. The van der Waals surface area contributed by atoms with Gasteiger partial charge in [-0.3, -0.25) is 0 Å². The maximum Gasteiger partial charge on any atom is 0.262 e. The van der Waals surface area contributed by atoms with Crippen LogP contribution in [0, 0.1) is 0 Å². The highest BCUT2D eigenvalue weighted by Crippen LogP contribution is 2.22. The van der Waals surface area contributed by atoms with Crippen LogP contribution < -0.4 is 9.47 Å². The molecule has 1 heterocycles. The van der Waals surface area contributed by atoms with Gasteiger partial charge < -0.3 is 19.1 Å². The second kappa shape index (κ2) is 9.95. The molecule has 166 valence electrons. The van der Waals surface area contributed by atoms with E-state index in [0.717, 1.165) is 11.1 Å². The highest BCUT2D eigenvalue weighted by Gasteiger charge is 2.27. The topological polar surface area (TPSA) is 93.9 Å². The first-order valence-corrected chi connectivity index (χ1v) is 11.2. The summed E-state index contributed by atoms with van der Waals surface area (Å²) >= 11 is 0. The Labute approximate surface area is 182 Å². The van der Waals surface area contributed by atoms with Crippen LogP contribution in [0.3, 0.4) is 0 Å². The molecule has 9 heteroatoms. The first kappa shape index (κ1) is 22.8. The lowest BCUT2D eigenvalue weighted by Gasteiger charge is -2.21. The van der Waals surface area contributed by atoms with Crippen molar-refractivity contribution in [1.29, 1.82) is 0 Å². The zero-order chi connectivity index (χ0) is 22.4. The summed E-state index contributed by atoms with van der Waals surface area (Å²) < 4.78 is 40.2. The van der Waals surface area contributed by atoms with Crippen molar-refractivity contribution in [2.45, 2.75) is 37.7 Å². The van der Waals surface area contributed by atoms with Gasteiger partial charge in [0.05, 0.1) is 26.7 Å². The largest absolute Gasteiger partial charge is 0.497 e. The van der Waals surface area contributed by atoms with Crippen LogP contribution in [0.2, 0.25) is 0 Å². The molecule has 3 aromatic rings. The number of sulfonamides is 1. The lowest BCUT2D eigenvalue weighted by Crippen LogP contribution is -2.30. The molecule has 1 aromatic heterocycles. The Morgan fingerprint density at radius 3 is 1.87 bits per heavy atom. The summed E-state index contributed by atoms with van der Waals surface area (Å²) in [4.78, 5) is 4.08. The molecule has 0 amide bonds. The summed E-state index contributed by atoms with van der Waals surface area (Å²) in [6, 6.07) is 14.5. The van der Waals surface area contributed by atoms with E-state index in [4.69, 9.17) is 9.47 Å². The summed E-state index contributed by atoms with van der Waals surface area (Å²) in [7, 11) is -0.722. The summed E-state index contributed by atoms with van der Waals surface area (Å²) in [6.07, 6.45) is 2.25. The van der Waals surface area contributed by atoms with Crippen LogP contribution in [-0.2, 0) is 29.7 Å². The summed E-state index contributed by atoms with van der Waals surface area (Å²) in [5.74, 6) is 1.40. The quantitative estimate of drug-likeness (QED) is 0.516. The second-order valence-electron chi connectivity index (χ2n) is 7.23. The highest BCUT2D eigenvalue weighted by molar-refractivity contribution is 7.89. The van der Waals surface area contributed by atoms with Crippen LogP contribution in [0.1, 0.15) is 18.1 Å². The van der Waals surface area contributed by atoms with Crippen molar-refractivity contribution < 1.29 is 23.0 Å². The van der Waals surface area contributed by atoms with Gasteiger partial charge in [0.1, 0.15) is 11.5 Å². The average Bonchev–Trinajstić information content (AvgIpc) is 3.23. The molecule has 0 saturated heterocycles. The number of hydrogen-bond acceptors (Lipinski definition) is 6. The molecule has 0 saturated carbocycles. The fraction of sp³-hybridized carbons (Fsp3) is 0.318. The standard InChI is InChI=1S/C22H27N3O5S/c1-17(26)12-24-15-22(23-16-24)31(27,28)25(13-18-4-8-20(29-2)9-5-18)14-19-6-10-21(30-3)11-7-19/h4-11,15-17,26H,12-14H2,1-3H3/t17-/m1/s1. The van der Waals surface area contributed by atoms with Crippen LogP contribution in [0.15, 0.2) is 66.1 Å². The summed E-state index contributed by atoms with van der Waals surface area (Å²) in [6.45, 7) is 2.23. The Bertz CT molecular complexity index is 1030. The smallest absolute Gasteiger partial charge is 0.262 e. The minimum absolute atomic E-state index is 0.0600. The van der Waals surface area contributed by atoms with E-state index < -0.39 is 16.1 Å². The van der Waals surface area contributed by atoms with Gasteiger partial charge >= 0.3 is 0 Å². The number of nitrogens with zero attached hydrogens (tertiary/aromatic N) is 3. The number of aliphatic hydroxyl groups is 1. The highest BCUT2D eigenvalue weighted by atomic mass is 32.2. The molecular weight excluding hydrogens is 418 g/mol. The van der Waals surface area contributed by atoms with E-state index in [1.165, 1.54) is 16.8 Å². The van der Waals surface area contributed by atoms with Gasteiger partial charge in [-0.1, -0.05) is 24.3 Å². The molecule has 2 aromatic carbocycles. The maximum absolute atomic E-state index is 13.4. The van der Waals surface area contributed by atoms with Crippen LogP contribution in [0.4, 0.5) is 0 Å². The lowest BCUT2D eigenvalue weighted by atomic mass is 10.2. The molecule has 0 aliphatic rings. The van der Waals surface area contributed by atoms with Gasteiger partial charge in [-0.25, -0.2) is 13.4 Å². The SMILES string of the molecule is COc1ccc(CN(Cc2ccc(OC)cc2)S(=O)(=O)c2cn(C[C@@H](C)O)cn2)cc1. The third-order valence-corrected chi connectivity index (χ3v) is 6.40. The number of benzene rings is 2. The number of aromatic nitrogens is 2. The first-order valence-electron chi connectivity index (χ1n) is 9.77. The Morgan fingerprint density at radius 2 is 1.45 bits per heavy atom. The normalized spacial score (nSPS) is 12.7. The minimum Gasteiger partial charge on any atom is -0.497 e. The molecule has 8 nitrogen and oxygen atoms in total. The molecule has 0 aliphatic heterocycles. The zero-order valence-electron chi connectivity index (χ0n) is 17.8. The van der Waals surface area contributed by atoms with Crippen molar-refractivity contribution in [1.82, 2.24) is 13.9 Å². The molecule has 0 unspecified atom stereocenters. The molecule has 0 bridgehead atoms. The van der Waals surface area contributed by atoms with Crippen molar-refractivity contribution in [2.75, 3.05) is 14.2 Å². The number of imidazole rings is 1. The predicted molar refractivity (Wildman–Crippen MR) is 116 cm³/mol. The molecule has 1 N–H and O–H groups in total. The van der Waals surface area contributed by atoms with Crippen LogP contribution in [-0.4, -0.2) is 47.7 Å². The minimum atomic E-state index is -3.89. The lowest BCUT2D eigenvalue weighted by molar-refractivity contribution is 0.173. The fourth-order valence-corrected chi connectivity index (χ4v) is 4.46. The van der Waals surface area contributed by atoms with Crippen molar-refractivity contribution >= 4 is 10.0 Å². The van der Waals surface area contributed by atoms with Crippen molar-refractivity contribution in [3.8, 4) is 11.5 Å². The predicted octanol–water partition coefficient (Wildman–Crippen LogP) is 2.67.